The molecule has 0 bridgehead atoms. The van der Waals surface area contributed by atoms with E-state index in [0.717, 1.165) is 59.5 Å². The molecule has 0 aliphatic heterocycles. The summed E-state index contributed by atoms with van der Waals surface area (Å²) in [5.41, 5.74) is 3.01. The van der Waals surface area contributed by atoms with Crippen molar-refractivity contribution in [1.29, 1.82) is 0 Å². The molecule has 0 saturated carbocycles. The Hall–Kier alpha value is -2.15. The molecule has 0 atom stereocenters. The second-order valence-electron chi connectivity index (χ2n) is 5.99. The van der Waals surface area contributed by atoms with E-state index in [2.05, 4.69) is 39.4 Å². The Bertz CT molecular complexity index is 742. The number of hydrogen-bond acceptors (Lipinski definition) is 5. The molecule has 26 heavy (non-hydrogen) atoms. The summed E-state index contributed by atoms with van der Waals surface area (Å²) in [6.07, 6.45) is 5.75. The number of aliphatic imine (C=N–C) groups is 1. The zero-order chi connectivity index (χ0) is 18.9. The monoisotopic (exact) mass is 375 g/mol. The summed E-state index contributed by atoms with van der Waals surface area (Å²) in [5, 5.41) is 7.81. The highest BCUT2D eigenvalue weighted by Gasteiger charge is 2.09. The smallest absolute Gasteiger partial charge is 0.191 e. The first-order valence-corrected chi connectivity index (χ1v) is 9.85. The van der Waals surface area contributed by atoms with Crippen LogP contribution in [0.5, 0.6) is 5.75 Å². The Morgan fingerprint density at radius 2 is 2.00 bits per heavy atom. The number of aryl methyl sites for hydroxylation is 2. The highest BCUT2D eigenvalue weighted by atomic mass is 32.1. The van der Waals surface area contributed by atoms with Gasteiger partial charge in [-0.25, -0.2) is 9.98 Å². The van der Waals surface area contributed by atoms with Crippen LogP contribution in [-0.4, -0.2) is 36.1 Å². The van der Waals surface area contributed by atoms with Crippen LogP contribution in [0.25, 0.3) is 0 Å². The normalized spacial score (nSPS) is 11.5. The molecular formula is C19H29N5OS. The molecule has 0 spiro atoms. The Morgan fingerprint density at radius 1 is 1.19 bits per heavy atom. The lowest BCUT2D eigenvalue weighted by molar-refractivity contribution is 0.407. The fraction of sp³-hybridized carbons (Fsp3) is 0.526. The molecule has 2 N–H and O–H groups in total. The quantitative estimate of drug-likeness (QED) is 0.548. The van der Waals surface area contributed by atoms with E-state index >= 15 is 0 Å². The van der Waals surface area contributed by atoms with Crippen LogP contribution >= 0.6 is 11.3 Å². The van der Waals surface area contributed by atoms with E-state index in [0.29, 0.717) is 6.54 Å². The number of rotatable bonds is 8. The van der Waals surface area contributed by atoms with E-state index in [4.69, 9.17) is 4.74 Å². The largest absolute Gasteiger partial charge is 0.496 e. The Kier molecular flexibility index (Phi) is 7.84. The molecule has 0 aliphatic rings. The summed E-state index contributed by atoms with van der Waals surface area (Å²) in [5.74, 6) is 1.68. The van der Waals surface area contributed by atoms with Crippen LogP contribution in [0.2, 0.25) is 0 Å². The van der Waals surface area contributed by atoms with Crippen molar-refractivity contribution in [3.05, 3.63) is 39.1 Å². The standard InChI is InChI=1S/C19H29N5OS/c1-6-15-11-23-17(26-15)8-9-21-19(20-7-2)24-12-16-14(4)18(25-5)13(3)10-22-16/h10-11H,6-9,12H2,1-5H3,(H2,20,21,24). The van der Waals surface area contributed by atoms with Crippen molar-refractivity contribution in [2.75, 3.05) is 20.2 Å². The van der Waals surface area contributed by atoms with Crippen LogP contribution in [0, 0.1) is 13.8 Å². The third-order valence-electron chi connectivity index (χ3n) is 4.06. The van der Waals surface area contributed by atoms with E-state index in [1.165, 1.54) is 4.88 Å². The Labute approximate surface area is 160 Å². The second-order valence-corrected chi connectivity index (χ2v) is 7.19. The topological polar surface area (TPSA) is 71.4 Å². The maximum Gasteiger partial charge on any atom is 0.191 e. The first-order chi connectivity index (χ1) is 12.6. The molecule has 2 aromatic rings. The van der Waals surface area contributed by atoms with Gasteiger partial charge in [-0.1, -0.05) is 6.92 Å². The minimum absolute atomic E-state index is 0.509. The minimum atomic E-state index is 0.509. The molecule has 0 aromatic carbocycles. The zero-order valence-electron chi connectivity index (χ0n) is 16.3. The fourth-order valence-electron chi connectivity index (χ4n) is 2.64. The van der Waals surface area contributed by atoms with E-state index < -0.39 is 0 Å². The van der Waals surface area contributed by atoms with Gasteiger partial charge in [0.2, 0.25) is 0 Å². The summed E-state index contributed by atoms with van der Waals surface area (Å²) in [6.45, 7) is 10.4. The molecule has 0 unspecified atom stereocenters. The number of pyridine rings is 1. The highest BCUT2D eigenvalue weighted by Crippen LogP contribution is 2.24. The van der Waals surface area contributed by atoms with E-state index in [9.17, 15) is 0 Å². The number of nitrogens with zero attached hydrogens (tertiary/aromatic N) is 3. The van der Waals surface area contributed by atoms with Crippen LogP contribution in [0.1, 0.15) is 40.6 Å². The van der Waals surface area contributed by atoms with Crippen LogP contribution < -0.4 is 15.4 Å². The van der Waals surface area contributed by atoms with Crippen molar-refractivity contribution in [1.82, 2.24) is 20.6 Å². The van der Waals surface area contributed by atoms with Gasteiger partial charge in [-0.3, -0.25) is 4.98 Å². The average Bonchev–Trinajstić information content (AvgIpc) is 3.09. The Morgan fingerprint density at radius 3 is 2.65 bits per heavy atom. The van der Waals surface area contributed by atoms with E-state index in [1.54, 1.807) is 18.4 Å². The van der Waals surface area contributed by atoms with Gasteiger partial charge < -0.3 is 15.4 Å². The molecule has 0 radical (unpaired) electrons. The van der Waals surface area contributed by atoms with Crippen LogP contribution in [0.4, 0.5) is 0 Å². The van der Waals surface area contributed by atoms with Crippen LogP contribution in [0.3, 0.4) is 0 Å². The molecule has 6 nitrogen and oxygen atoms in total. The number of nitrogens with one attached hydrogen (secondary N) is 2. The third kappa shape index (κ3) is 5.42. The summed E-state index contributed by atoms with van der Waals surface area (Å²) < 4.78 is 5.47. The number of methoxy groups -OCH3 is 1. The van der Waals surface area contributed by atoms with Gasteiger partial charge in [0.15, 0.2) is 5.96 Å². The van der Waals surface area contributed by atoms with Crippen LogP contribution in [0.15, 0.2) is 17.4 Å². The molecule has 2 heterocycles. The summed E-state index contributed by atoms with van der Waals surface area (Å²) >= 11 is 1.78. The predicted molar refractivity (Wildman–Crippen MR) is 108 cm³/mol. The molecule has 0 amide bonds. The number of ether oxygens (including phenoxy) is 1. The van der Waals surface area contributed by atoms with E-state index in [1.807, 2.05) is 26.2 Å². The fourth-order valence-corrected chi connectivity index (χ4v) is 3.50. The van der Waals surface area contributed by atoms with Gasteiger partial charge in [0, 0.05) is 47.9 Å². The molecule has 7 heteroatoms. The van der Waals surface area contributed by atoms with E-state index in [-0.39, 0.29) is 0 Å². The second kappa shape index (κ2) is 10.1. The predicted octanol–water partition coefficient (Wildman–Crippen LogP) is 3.02. The van der Waals surface area contributed by atoms with Crippen molar-refractivity contribution in [3.63, 3.8) is 0 Å². The lowest BCUT2D eigenvalue weighted by Crippen LogP contribution is -2.38. The maximum atomic E-state index is 5.47. The minimum Gasteiger partial charge on any atom is -0.496 e. The van der Waals surface area contributed by atoms with Crippen molar-refractivity contribution < 1.29 is 4.74 Å². The lowest BCUT2D eigenvalue weighted by Gasteiger charge is -2.13. The van der Waals surface area contributed by atoms with Gasteiger partial charge >= 0.3 is 0 Å². The lowest BCUT2D eigenvalue weighted by atomic mass is 10.1. The molecule has 0 aliphatic carbocycles. The highest BCUT2D eigenvalue weighted by molar-refractivity contribution is 7.11. The first-order valence-electron chi connectivity index (χ1n) is 9.03. The molecule has 2 rings (SSSR count). The van der Waals surface area contributed by atoms with Gasteiger partial charge in [0.1, 0.15) is 5.75 Å². The van der Waals surface area contributed by atoms with Gasteiger partial charge in [0.25, 0.3) is 0 Å². The molecule has 142 valence electrons. The number of hydrogen-bond donors (Lipinski definition) is 2. The van der Waals surface area contributed by atoms with Crippen molar-refractivity contribution >= 4 is 17.3 Å². The average molecular weight is 376 g/mol. The molecule has 2 aromatic heterocycles. The first kappa shape index (κ1) is 20.2. The van der Waals surface area contributed by atoms with Crippen molar-refractivity contribution in [2.24, 2.45) is 4.99 Å². The number of aromatic nitrogens is 2. The van der Waals surface area contributed by atoms with Gasteiger partial charge in [-0.15, -0.1) is 11.3 Å². The van der Waals surface area contributed by atoms with Crippen molar-refractivity contribution in [2.45, 2.75) is 47.1 Å². The molecular weight excluding hydrogens is 346 g/mol. The molecule has 0 saturated heterocycles. The molecule has 0 fully saturated rings. The summed E-state index contributed by atoms with van der Waals surface area (Å²) in [4.78, 5) is 15.0. The van der Waals surface area contributed by atoms with Crippen molar-refractivity contribution in [3.8, 4) is 5.75 Å². The van der Waals surface area contributed by atoms with Gasteiger partial charge in [0.05, 0.1) is 24.4 Å². The third-order valence-corrected chi connectivity index (χ3v) is 5.26. The van der Waals surface area contributed by atoms with Gasteiger partial charge in [-0.05, 0) is 27.2 Å². The number of guanidine groups is 1. The van der Waals surface area contributed by atoms with Crippen LogP contribution in [-0.2, 0) is 19.4 Å². The summed E-state index contributed by atoms with van der Waals surface area (Å²) in [6, 6.07) is 0. The SMILES string of the molecule is CCNC(=NCc1ncc(C)c(OC)c1C)NCCc1ncc(CC)s1. The Balaban J connectivity index is 1.97. The summed E-state index contributed by atoms with van der Waals surface area (Å²) in [7, 11) is 1.69. The maximum absolute atomic E-state index is 5.47. The number of thiazole rings is 1. The zero-order valence-corrected chi connectivity index (χ0v) is 17.2. The van der Waals surface area contributed by atoms with Gasteiger partial charge in [-0.2, -0.15) is 0 Å².